The molecule has 1 N–H and O–H groups in total. The van der Waals surface area contributed by atoms with Crippen molar-refractivity contribution in [1.82, 2.24) is 10.2 Å². The van der Waals surface area contributed by atoms with E-state index in [1.54, 1.807) is 13.0 Å². The highest BCUT2D eigenvalue weighted by Gasteiger charge is 2.12. The van der Waals surface area contributed by atoms with E-state index in [0.29, 0.717) is 5.56 Å². The molecule has 0 saturated carbocycles. The molecule has 1 aromatic carbocycles. The van der Waals surface area contributed by atoms with E-state index in [1.165, 1.54) is 0 Å². The van der Waals surface area contributed by atoms with Crippen molar-refractivity contribution in [3.8, 4) is 0 Å². The van der Waals surface area contributed by atoms with Gasteiger partial charge >= 0.3 is 0 Å². The first-order chi connectivity index (χ1) is 7.54. The third-order valence-electron chi connectivity index (χ3n) is 2.60. The molecule has 1 unspecified atom stereocenters. The average molecular weight is 224 g/mol. The van der Waals surface area contributed by atoms with Gasteiger partial charge in [0.25, 0.3) is 0 Å². The first kappa shape index (κ1) is 13.1. The van der Waals surface area contributed by atoms with E-state index in [4.69, 9.17) is 0 Å². The first-order valence-electron chi connectivity index (χ1n) is 5.68. The highest BCUT2D eigenvalue weighted by Crippen LogP contribution is 2.17. The van der Waals surface area contributed by atoms with Crippen molar-refractivity contribution in [3.63, 3.8) is 0 Å². The Morgan fingerprint density at radius 2 is 2.06 bits per heavy atom. The Morgan fingerprint density at radius 1 is 1.38 bits per heavy atom. The second-order valence-electron chi connectivity index (χ2n) is 4.38. The van der Waals surface area contributed by atoms with Crippen molar-refractivity contribution in [2.24, 2.45) is 0 Å². The summed E-state index contributed by atoms with van der Waals surface area (Å²) in [6.07, 6.45) is 0. The van der Waals surface area contributed by atoms with Crippen LogP contribution in [0.15, 0.2) is 18.2 Å². The molecule has 0 spiro atoms. The summed E-state index contributed by atoms with van der Waals surface area (Å²) >= 11 is 0. The molecule has 0 amide bonds. The maximum atomic E-state index is 13.5. The smallest absolute Gasteiger partial charge is 0.126 e. The molecule has 1 rings (SSSR count). The second kappa shape index (κ2) is 5.97. The van der Waals surface area contributed by atoms with E-state index >= 15 is 0 Å². The minimum absolute atomic E-state index is 0.126. The molecule has 0 heterocycles. The Hall–Kier alpha value is -0.930. The van der Waals surface area contributed by atoms with Gasteiger partial charge < -0.3 is 10.2 Å². The monoisotopic (exact) mass is 224 g/mol. The van der Waals surface area contributed by atoms with Crippen molar-refractivity contribution >= 4 is 0 Å². The molecule has 3 heteroatoms. The number of nitrogens with one attached hydrogen (secondary N) is 1. The van der Waals surface area contributed by atoms with Crippen LogP contribution in [0.25, 0.3) is 0 Å². The lowest BCUT2D eigenvalue weighted by atomic mass is 10.0. The largest absolute Gasteiger partial charge is 0.309 e. The van der Waals surface area contributed by atoms with Gasteiger partial charge in [0.05, 0.1) is 0 Å². The lowest BCUT2D eigenvalue weighted by Crippen LogP contribution is -2.31. The zero-order valence-corrected chi connectivity index (χ0v) is 10.5. The summed E-state index contributed by atoms with van der Waals surface area (Å²) in [5.41, 5.74) is 1.71. The standard InChI is InChI=1S/C13H21FN2/c1-5-15-13(9-16(3)4)11-7-6-10(2)12(14)8-11/h6-8,13,15H,5,9H2,1-4H3. The molecule has 0 radical (unpaired) electrons. The number of nitrogens with zero attached hydrogens (tertiary/aromatic N) is 1. The number of benzene rings is 1. The van der Waals surface area contributed by atoms with Crippen molar-refractivity contribution in [2.45, 2.75) is 19.9 Å². The Balaban J connectivity index is 2.87. The summed E-state index contributed by atoms with van der Waals surface area (Å²) in [5.74, 6) is -0.126. The molecular formula is C13H21FN2. The third kappa shape index (κ3) is 3.58. The fourth-order valence-electron chi connectivity index (χ4n) is 1.73. The quantitative estimate of drug-likeness (QED) is 0.826. The predicted octanol–water partition coefficient (Wildman–Crippen LogP) is 2.35. The van der Waals surface area contributed by atoms with Gasteiger partial charge in [-0.05, 0) is 44.8 Å². The Labute approximate surface area is 97.5 Å². The van der Waals surface area contributed by atoms with E-state index in [-0.39, 0.29) is 11.9 Å². The van der Waals surface area contributed by atoms with Gasteiger partial charge in [0.2, 0.25) is 0 Å². The van der Waals surface area contributed by atoms with E-state index in [9.17, 15) is 4.39 Å². The first-order valence-corrected chi connectivity index (χ1v) is 5.68. The number of likely N-dealkylation sites (N-methyl/N-ethyl adjacent to an activating group) is 2. The van der Waals surface area contributed by atoms with Gasteiger partial charge in [-0.1, -0.05) is 19.1 Å². The molecule has 0 aliphatic heterocycles. The van der Waals surface area contributed by atoms with Crippen LogP contribution in [0.5, 0.6) is 0 Å². The molecular weight excluding hydrogens is 203 g/mol. The van der Waals surface area contributed by atoms with Gasteiger partial charge in [0.1, 0.15) is 5.82 Å². The van der Waals surface area contributed by atoms with Crippen LogP contribution in [0.4, 0.5) is 4.39 Å². The van der Waals surface area contributed by atoms with Crippen LogP contribution in [-0.4, -0.2) is 32.1 Å². The lowest BCUT2D eigenvalue weighted by molar-refractivity contribution is 0.344. The Bertz CT molecular complexity index is 337. The molecule has 90 valence electrons. The van der Waals surface area contributed by atoms with Crippen molar-refractivity contribution < 1.29 is 4.39 Å². The summed E-state index contributed by atoms with van der Waals surface area (Å²) in [6, 6.07) is 5.65. The minimum atomic E-state index is -0.126. The second-order valence-corrected chi connectivity index (χ2v) is 4.38. The molecule has 0 saturated heterocycles. The normalized spacial score (nSPS) is 13.1. The van der Waals surface area contributed by atoms with Gasteiger partial charge in [0.15, 0.2) is 0 Å². The van der Waals surface area contributed by atoms with Gasteiger partial charge in [-0.3, -0.25) is 0 Å². The van der Waals surface area contributed by atoms with Crippen LogP contribution in [0.3, 0.4) is 0 Å². The topological polar surface area (TPSA) is 15.3 Å². The third-order valence-corrected chi connectivity index (χ3v) is 2.60. The molecule has 1 aromatic rings. The van der Waals surface area contributed by atoms with Crippen molar-refractivity contribution in [3.05, 3.63) is 35.1 Å². The van der Waals surface area contributed by atoms with E-state index in [1.807, 2.05) is 26.2 Å². The van der Waals surface area contributed by atoms with E-state index < -0.39 is 0 Å². The number of hydrogen-bond donors (Lipinski definition) is 1. The van der Waals surface area contributed by atoms with Crippen LogP contribution < -0.4 is 5.32 Å². The SMILES string of the molecule is CCNC(CN(C)C)c1ccc(C)c(F)c1. The number of aryl methyl sites for hydroxylation is 1. The van der Waals surface area contributed by atoms with Gasteiger partial charge in [0, 0.05) is 12.6 Å². The molecule has 16 heavy (non-hydrogen) atoms. The fraction of sp³-hybridized carbons (Fsp3) is 0.538. The average Bonchev–Trinajstić information content (AvgIpc) is 2.21. The number of hydrogen-bond acceptors (Lipinski definition) is 2. The Morgan fingerprint density at radius 3 is 2.56 bits per heavy atom. The molecule has 0 fully saturated rings. The summed E-state index contributed by atoms with van der Waals surface area (Å²) in [5, 5.41) is 3.37. The summed E-state index contributed by atoms with van der Waals surface area (Å²) in [6.45, 7) is 5.60. The molecule has 2 nitrogen and oxygen atoms in total. The Kier molecular flexibility index (Phi) is 4.90. The van der Waals surface area contributed by atoms with Gasteiger partial charge in [-0.2, -0.15) is 0 Å². The van der Waals surface area contributed by atoms with Crippen LogP contribution in [-0.2, 0) is 0 Å². The minimum Gasteiger partial charge on any atom is -0.309 e. The molecule has 0 bridgehead atoms. The van der Waals surface area contributed by atoms with Crippen LogP contribution >= 0.6 is 0 Å². The predicted molar refractivity (Wildman–Crippen MR) is 66.1 cm³/mol. The summed E-state index contributed by atoms with van der Waals surface area (Å²) in [7, 11) is 4.05. The molecule has 0 aliphatic carbocycles. The summed E-state index contributed by atoms with van der Waals surface area (Å²) in [4.78, 5) is 2.10. The van der Waals surface area contributed by atoms with E-state index in [2.05, 4.69) is 17.1 Å². The van der Waals surface area contributed by atoms with Crippen LogP contribution in [0.2, 0.25) is 0 Å². The number of halogens is 1. The maximum Gasteiger partial charge on any atom is 0.126 e. The van der Waals surface area contributed by atoms with E-state index in [0.717, 1.165) is 18.7 Å². The molecule has 1 atom stereocenters. The van der Waals surface area contributed by atoms with Crippen LogP contribution in [0, 0.1) is 12.7 Å². The fourth-order valence-corrected chi connectivity index (χ4v) is 1.73. The van der Waals surface area contributed by atoms with Gasteiger partial charge in [-0.15, -0.1) is 0 Å². The number of rotatable bonds is 5. The van der Waals surface area contributed by atoms with Crippen molar-refractivity contribution in [2.75, 3.05) is 27.2 Å². The zero-order valence-electron chi connectivity index (χ0n) is 10.5. The lowest BCUT2D eigenvalue weighted by Gasteiger charge is -2.22. The zero-order chi connectivity index (χ0) is 12.1. The summed E-state index contributed by atoms with van der Waals surface area (Å²) < 4.78 is 13.5. The highest BCUT2D eigenvalue weighted by molar-refractivity contribution is 5.26. The van der Waals surface area contributed by atoms with Gasteiger partial charge in [-0.25, -0.2) is 4.39 Å². The van der Waals surface area contributed by atoms with Crippen LogP contribution in [0.1, 0.15) is 24.1 Å². The maximum absolute atomic E-state index is 13.5. The van der Waals surface area contributed by atoms with Crippen molar-refractivity contribution in [1.29, 1.82) is 0 Å². The molecule has 0 aromatic heterocycles. The highest BCUT2D eigenvalue weighted by atomic mass is 19.1. The molecule has 0 aliphatic rings.